The van der Waals surface area contributed by atoms with Crippen LogP contribution in [0.15, 0.2) is 54.6 Å². The fourth-order valence-corrected chi connectivity index (χ4v) is 2.63. The van der Waals surface area contributed by atoms with Crippen molar-refractivity contribution in [3.05, 3.63) is 71.5 Å². The summed E-state index contributed by atoms with van der Waals surface area (Å²) in [7, 11) is 0. The van der Waals surface area contributed by atoms with Crippen LogP contribution in [-0.4, -0.2) is 16.8 Å². The first kappa shape index (κ1) is 14.8. The smallest absolute Gasteiger partial charge is 0.223 e. The molecule has 2 aromatic carbocycles. The average Bonchev–Trinajstić information content (AvgIpc) is 3.37. The minimum Gasteiger partial charge on any atom is -0.335 e. The van der Waals surface area contributed by atoms with Crippen LogP contribution in [-0.2, 0) is 17.8 Å². The molecule has 0 bridgehead atoms. The number of aryl methyl sites for hydroxylation is 1. The zero-order chi connectivity index (χ0) is 15.4. The number of rotatable bonds is 6. The van der Waals surface area contributed by atoms with Crippen LogP contribution in [0.4, 0.5) is 4.39 Å². The molecule has 0 aromatic heterocycles. The Bertz CT molecular complexity index is 620. The second kappa shape index (κ2) is 6.73. The van der Waals surface area contributed by atoms with Crippen molar-refractivity contribution in [2.75, 3.05) is 0 Å². The van der Waals surface area contributed by atoms with Crippen molar-refractivity contribution in [3.8, 4) is 0 Å². The molecule has 1 aliphatic rings. The van der Waals surface area contributed by atoms with E-state index < -0.39 is 0 Å². The van der Waals surface area contributed by atoms with Gasteiger partial charge in [0.15, 0.2) is 0 Å². The molecule has 22 heavy (non-hydrogen) atoms. The number of nitrogens with zero attached hydrogens (tertiary/aromatic N) is 1. The molecule has 3 rings (SSSR count). The number of amides is 1. The van der Waals surface area contributed by atoms with E-state index in [4.69, 9.17) is 0 Å². The van der Waals surface area contributed by atoms with Gasteiger partial charge in [0.05, 0.1) is 0 Å². The topological polar surface area (TPSA) is 20.3 Å². The van der Waals surface area contributed by atoms with Crippen molar-refractivity contribution in [1.82, 2.24) is 4.90 Å². The molecule has 1 fully saturated rings. The summed E-state index contributed by atoms with van der Waals surface area (Å²) in [6, 6.07) is 16.9. The fraction of sp³-hybridized carbons (Fsp3) is 0.316. The number of carbonyl (C=O) groups is 1. The largest absolute Gasteiger partial charge is 0.335 e. The lowest BCUT2D eigenvalue weighted by atomic mass is 10.1. The summed E-state index contributed by atoms with van der Waals surface area (Å²) in [5, 5.41) is 0. The zero-order valence-electron chi connectivity index (χ0n) is 12.5. The fourth-order valence-electron chi connectivity index (χ4n) is 2.63. The zero-order valence-corrected chi connectivity index (χ0v) is 12.5. The number of carbonyl (C=O) groups excluding carboxylic acids is 1. The Kier molecular flexibility index (Phi) is 4.52. The van der Waals surface area contributed by atoms with Crippen LogP contribution in [0, 0.1) is 5.82 Å². The first-order valence-corrected chi connectivity index (χ1v) is 7.80. The van der Waals surface area contributed by atoms with Gasteiger partial charge in [0.1, 0.15) is 5.82 Å². The summed E-state index contributed by atoms with van der Waals surface area (Å²) in [5.74, 6) is -0.0468. The van der Waals surface area contributed by atoms with E-state index in [-0.39, 0.29) is 11.7 Å². The quantitative estimate of drug-likeness (QED) is 0.790. The molecule has 0 N–H and O–H groups in total. The highest BCUT2D eigenvalue weighted by molar-refractivity contribution is 5.77. The van der Waals surface area contributed by atoms with E-state index in [1.54, 1.807) is 12.1 Å². The molecule has 2 aromatic rings. The second-order valence-corrected chi connectivity index (χ2v) is 5.86. The van der Waals surface area contributed by atoms with Crippen LogP contribution < -0.4 is 0 Å². The molecule has 2 nitrogen and oxygen atoms in total. The van der Waals surface area contributed by atoms with E-state index in [0.29, 0.717) is 25.4 Å². The molecule has 0 heterocycles. The monoisotopic (exact) mass is 297 g/mol. The van der Waals surface area contributed by atoms with Gasteiger partial charge in [-0.3, -0.25) is 4.79 Å². The number of halogens is 1. The van der Waals surface area contributed by atoms with Gasteiger partial charge in [-0.1, -0.05) is 42.5 Å². The Morgan fingerprint density at radius 2 is 1.68 bits per heavy atom. The van der Waals surface area contributed by atoms with Gasteiger partial charge < -0.3 is 4.90 Å². The first-order valence-electron chi connectivity index (χ1n) is 7.80. The van der Waals surface area contributed by atoms with Crippen molar-refractivity contribution in [1.29, 1.82) is 0 Å². The van der Waals surface area contributed by atoms with Gasteiger partial charge >= 0.3 is 0 Å². The van der Waals surface area contributed by atoms with Crippen molar-refractivity contribution >= 4 is 5.91 Å². The summed E-state index contributed by atoms with van der Waals surface area (Å²) in [6.07, 6.45) is 3.36. The Morgan fingerprint density at radius 1 is 1.00 bits per heavy atom. The molecule has 0 atom stereocenters. The second-order valence-electron chi connectivity index (χ2n) is 5.86. The van der Waals surface area contributed by atoms with E-state index in [0.717, 1.165) is 18.4 Å². The highest BCUT2D eigenvalue weighted by atomic mass is 19.1. The molecule has 0 aliphatic heterocycles. The van der Waals surface area contributed by atoms with Crippen molar-refractivity contribution in [2.24, 2.45) is 0 Å². The average molecular weight is 297 g/mol. The van der Waals surface area contributed by atoms with Crippen molar-refractivity contribution in [2.45, 2.75) is 38.3 Å². The molecular weight excluding hydrogens is 277 g/mol. The molecular formula is C19H20FNO. The lowest BCUT2D eigenvalue weighted by Crippen LogP contribution is -2.32. The molecule has 1 aliphatic carbocycles. The predicted molar refractivity (Wildman–Crippen MR) is 84.7 cm³/mol. The third-order valence-corrected chi connectivity index (χ3v) is 4.04. The summed E-state index contributed by atoms with van der Waals surface area (Å²) in [6.45, 7) is 0.688. The summed E-state index contributed by atoms with van der Waals surface area (Å²) >= 11 is 0. The molecule has 0 unspecified atom stereocenters. The maximum atomic E-state index is 12.9. The minimum absolute atomic E-state index is 0.190. The Labute approximate surface area is 130 Å². The van der Waals surface area contributed by atoms with Crippen LogP contribution in [0.2, 0.25) is 0 Å². The van der Waals surface area contributed by atoms with Gasteiger partial charge in [0.2, 0.25) is 5.91 Å². The van der Waals surface area contributed by atoms with E-state index in [1.807, 2.05) is 23.1 Å². The van der Waals surface area contributed by atoms with E-state index in [9.17, 15) is 9.18 Å². The molecule has 0 spiro atoms. The predicted octanol–water partition coefficient (Wildman–Crippen LogP) is 3.95. The van der Waals surface area contributed by atoms with E-state index >= 15 is 0 Å². The van der Waals surface area contributed by atoms with Gasteiger partial charge in [0, 0.05) is 19.0 Å². The lowest BCUT2D eigenvalue weighted by molar-refractivity contribution is -0.132. The third-order valence-electron chi connectivity index (χ3n) is 4.04. The van der Waals surface area contributed by atoms with Crippen LogP contribution in [0.3, 0.4) is 0 Å². The van der Waals surface area contributed by atoms with Crippen LogP contribution in [0.5, 0.6) is 0 Å². The molecule has 1 amide bonds. The normalized spacial score (nSPS) is 13.9. The maximum absolute atomic E-state index is 12.9. The Hall–Kier alpha value is -2.16. The standard InChI is InChI=1S/C19H20FNO/c20-17-9-6-15(7-10-17)8-13-19(22)21(18-11-12-18)14-16-4-2-1-3-5-16/h1-7,9-10,18H,8,11-14H2. The van der Waals surface area contributed by atoms with Gasteiger partial charge in [0.25, 0.3) is 0 Å². The van der Waals surface area contributed by atoms with Crippen molar-refractivity contribution < 1.29 is 9.18 Å². The molecule has 0 saturated heterocycles. The SMILES string of the molecule is O=C(CCc1ccc(F)cc1)N(Cc1ccccc1)C1CC1. The highest BCUT2D eigenvalue weighted by Crippen LogP contribution is 2.29. The lowest BCUT2D eigenvalue weighted by Gasteiger charge is -2.22. The minimum atomic E-state index is -0.237. The Balaban J connectivity index is 1.59. The summed E-state index contributed by atoms with van der Waals surface area (Å²) < 4.78 is 12.9. The summed E-state index contributed by atoms with van der Waals surface area (Å²) in [5.41, 5.74) is 2.18. The van der Waals surface area contributed by atoms with Crippen molar-refractivity contribution in [3.63, 3.8) is 0 Å². The number of hydrogen-bond donors (Lipinski definition) is 0. The van der Waals surface area contributed by atoms with Crippen LogP contribution >= 0.6 is 0 Å². The van der Waals surface area contributed by atoms with E-state index in [2.05, 4.69) is 12.1 Å². The number of benzene rings is 2. The Morgan fingerprint density at radius 3 is 2.32 bits per heavy atom. The van der Waals surface area contributed by atoms with Gasteiger partial charge in [-0.25, -0.2) is 4.39 Å². The summed E-state index contributed by atoms with van der Waals surface area (Å²) in [4.78, 5) is 14.5. The first-order chi connectivity index (χ1) is 10.7. The highest BCUT2D eigenvalue weighted by Gasteiger charge is 2.32. The van der Waals surface area contributed by atoms with E-state index in [1.165, 1.54) is 17.7 Å². The van der Waals surface area contributed by atoms with Crippen LogP contribution in [0.25, 0.3) is 0 Å². The third kappa shape index (κ3) is 3.94. The molecule has 0 radical (unpaired) electrons. The molecule has 114 valence electrons. The molecule has 3 heteroatoms. The van der Waals surface area contributed by atoms with Crippen LogP contribution in [0.1, 0.15) is 30.4 Å². The van der Waals surface area contributed by atoms with Gasteiger partial charge in [-0.2, -0.15) is 0 Å². The van der Waals surface area contributed by atoms with Gasteiger partial charge in [-0.05, 0) is 42.5 Å². The maximum Gasteiger partial charge on any atom is 0.223 e. The molecule has 1 saturated carbocycles. The van der Waals surface area contributed by atoms with Gasteiger partial charge in [-0.15, -0.1) is 0 Å². The number of hydrogen-bond acceptors (Lipinski definition) is 1.